The smallest absolute Gasteiger partial charge is 0.272 e. The standard InChI is InChI=1S/C34H29FN2O3/c1-23(2)26-13-8-24(9-14-26)12-21-32(38)27-15-19-30(20-16-27)36-34(40)31(22-25-10-17-29(35)18-11-25)37-33(39)28-6-4-3-5-7-28/h3-23H,1-2H3,(H,36,40)(H,37,39)/b21-12+,31-22-. The van der Waals surface area contributed by atoms with Crippen molar-refractivity contribution in [2.45, 2.75) is 19.8 Å². The van der Waals surface area contributed by atoms with Gasteiger partial charge in [-0.3, -0.25) is 14.4 Å². The molecule has 0 radical (unpaired) electrons. The lowest BCUT2D eigenvalue weighted by atomic mass is 10.0. The van der Waals surface area contributed by atoms with Crippen molar-refractivity contribution in [2.24, 2.45) is 0 Å². The average Bonchev–Trinajstić information content (AvgIpc) is 2.97. The van der Waals surface area contributed by atoms with E-state index in [0.29, 0.717) is 28.3 Å². The van der Waals surface area contributed by atoms with Gasteiger partial charge in [0.1, 0.15) is 11.5 Å². The third kappa shape index (κ3) is 7.71. The van der Waals surface area contributed by atoms with Crippen molar-refractivity contribution < 1.29 is 18.8 Å². The Kier molecular flexibility index (Phi) is 9.15. The molecular formula is C34H29FN2O3. The van der Waals surface area contributed by atoms with Gasteiger partial charge in [-0.2, -0.15) is 0 Å². The minimum Gasteiger partial charge on any atom is -0.321 e. The molecule has 2 N–H and O–H groups in total. The van der Waals surface area contributed by atoms with E-state index >= 15 is 0 Å². The summed E-state index contributed by atoms with van der Waals surface area (Å²) < 4.78 is 13.4. The van der Waals surface area contributed by atoms with Gasteiger partial charge in [-0.25, -0.2) is 4.39 Å². The summed E-state index contributed by atoms with van der Waals surface area (Å²) >= 11 is 0. The summed E-state index contributed by atoms with van der Waals surface area (Å²) in [4.78, 5) is 38.6. The third-order valence-corrected chi connectivity index (χ3v) is 6.17. The SMILES string of the molecule is CC(C)c1ccc(/C=C/C(=O)c2ccc(NC(=O)/C(=C/c3ccc(F)cc3)NC(=O)c3ccccc3)cc2)cc1. The van der Waals surface area contributed by atoms with Crippen LogP contribution in [-0.4, -0.2) is 17.6 Å². The largest absolute Gasteiger partial charge is 0.321 e. The fourth-order valence-electron chi connectivity index (χ4n) is 3.84. The molecule has 0 saturated heterocycles. The molecule has 200 valence electrons. The molecule has 0 aromatic heterocycles. The minimum atomic E-state index is -0.572. The molecule has 4 aromatic carbocycles. The van der Waals surface area contributed by atoms with Crippen LogP contribution >= 0.6 is 0 Å². The summed E-state index contributed by atoms with van der Waals surface area (Å²) in [5.41, 5.74) is 3.96. The summed E-state index contributed by atoms with van der Waals surface area (Å²) in [6.45, 7) is 4.26. The van der Waals surface area contributed by atoms with Gasteiger partial charge in [-0.05, 0) is 83.3 Å². The molecule has 4 aromatic rings. The Bertz CT molecular complexity index is 1540. The van der Waals surface area contributed by atoms with E-state index < -0.39 is 17.6 Å². The van der Waals surface area contributed by atoms with E-state index in [4.69, 9.17) is 0 Å². The Labute approximate surface area is 233 Å². The Hall–Kier alpha value is -5.10. The molecule has 0 aliphatic heterocycles. The van der Waals surface area contributed by atoms with E-state index in [-0.39, 0.29) is 11.5 Å². The Morgan fingerprint density at radius 3 is 1.98 bits per heavy atom. The number of rotatable bonds is 9. The molecule has 0 unspecified atom stereocenters. The molecule has 0 spiro atoms. The highest BCUT2D eigenvalue weighted by Crippen LogP contribution is 2.17. The van der Waals surface area contributed by atoms with Crippen LogP contribution in [-0.2, 0) is 4.79 Å². The van der Waals surface area contributed by atoms with Crippen molar-refractivity contribution in [3.63, 3.8) is 0 Å². The van der Waals surface area contributed by atoms with Gasteiger partial charge in [0.2, 0.25) is 0 Å². The van der Waals surface area contributed by atoms with Gasteiger partial charge in [0.15, 0.2) is 5.78 Å². The summed E-state index contributed by atoms with van der Waals surface area (Å²) in [7, 11) is 0. The molecule has 40 heavy (non-hydrogen) atoms. The van der Waals surface area contributed by atoms with Crippen molar-refractivity contribution in [3.05, 3.63) is 149 Å². The van der Waals surface area contributed by atoms with Crippen molar-refractivity contribution in [2.75, 3.05) is 5.32 Å². The Balaban J connectivity index is 1.46. The second-order valence-electron chi connectivity index (χ2n) is 9.48. The molecule has 5 nitrogen and oxygen atoms in total. The van der Waals surface area contributed by atoms with Gasteiger partial charge in [0, 0.05) is 16.8 Å². The number of carbonyl (C=O) groups excluding carboxylic acids is 3. The molecule has 0 saturated carbocycles. The van der Waals surface area contributed by atoms with Crippen LogP contribution in [0.3, 0.4) is 0 Å². The zero-order chi connectivity index (χ0) is 28.5. The fourth-order valence-corrected chi connectivity index (χ4v) is 3.84. The molecule has 0 atom stereocenters. The molecule has 4 rings (SSSR count). The number of hydrogen-bond donors (Lipinski definition) is 2. The predicted octanol–water partition coefficient (Wildman–Crippen LogP) is 7.25. The maximum Gasteiger partial charge on any atom is 0.272 e. The highest BCUT2D eigenvalue weighted by molar-refractivity contribution is 6.11. The van der Waals surface area contributed by atoms with Gasteiger partial charge >= 0.3 is 0 Å². The summed E-state index contributed by atoms with van der Waals surface area (Å²) in [5.74, 6) is -1.18. The van der Waals surface area contributed by atoms with E-state index in [0.717, 1.165) is 5.56 Å². The van der Waals surface area contributed by atoms with Crippen LogP contribution in [0.1, 0.15) is 57.2 Å². The number of nitrogens with one attached hydrogen (secondary N) is 2. The van der Waals surface area contributed by atoms with Crippen molar-refractivity contribution >= 4 is 35.4 Å². The molecule has 0 aliphatic rings. The lowest BCUT2D eigenvalue weighted by Crippen LogP contribution is -2.30. The highest BCUT2D eigenvalue weighted by Gasteiger charge is 2.15. The van der Waals surface area contributed by atoms with Gasteiger partial charge in [-0.1, -0.05) is 74.5 Å². The van der Waals surface area contributed by atoms with E-state index in [1.54, 1.807) is 60.7 Å². The Morgan fingerprint density at radius 2 is 1.35 bits per heavy atom. The first-order chi connectivity index (χ1) is 19.3. The maximum absolute atomic E-state index is 13.4. The molecule has 6 heteroatoms. The maximum atomic E-state index is 13.4. The number of benzene rings is 4. The van der Waals surface area contributed by atoms with Crippen LogP contribution < -0.4 is 10.6 Å². The average molecular weight is 533 g/mol. The molecule has 0 fully saturated rings. The van der Waals surface area contributed by atoms with E-state index in [1.807, 2.05) is 24.3 Å². The van der Waals surface area contributed by atoms with Crippen LogP contribution in [0.2, 0.25) is 0 Å². The first-order valence-electron chi connectivity index (χ1n) is 12.9. The third-order valence-electron chi connectivity index (χ3n) is 6.17. The molecule has 2 amide bonds. The molecular weight excluding hydrogens is 503 g/mol. The van der Waals surface area contributed by atoms with Crippen LogP contribution in [0.4, 0.5) is 10.1 Å². The minimum absolute atomic E-state index is 0.0213. The van der Waals surface area contributed by atoms with Crippen molar-refractivity contribution in [1.82, 2.24) is 5.32 Å². The second-order valence-corrected chi connectivity index (χ2v) is 9.48. The fraction of sp³-hybridized carbons (Fsp3) is 0.0882. The zero-order valence-electron chi connectivity index (χ0n) is 22.2. The zero-order valence-corrected chi connectivity index (χ0v) is 22.2. The van der Waals surface area contributed by atoms with E-state index in [9.17, 15) is 18.8 Å². The number of hydrogen-bond acceptors (Lipinski definition) is 3. The van der Waals surface area contributed by atoms with Gasteiger partial charge in [0.25, 0.3) is 11.8 Å². The Morgan fingerprint density at radius 1 is 0.725 bits per heavy atom. The van der Waals surface area contributed by atoms with Crippen LogP contribution in [0.5, 0.6) is 0 Å². The number of allylic oxidation sites excluding steroid dienone is 1. The molecule has 0 heterocycles. The number of halogens is 1. The lowest BCUT2D eigenvalue weighted by Gasteiger charge is -2.12. The monoisotopic (exact) mass is 532 g/mol. The molecule has 0 bridgehead atoms. The number of carbonyl (C=O) groups is 3. The first-order valence-corrected chi connectivity index (χ1v) is 12.9. The van der Waals surface area contributed by atoms with E-state index in [1.165, 1.54) is 42.0 Å². The van der Waals surface area contributed by atoms with Gasteiger partial charge < -0.3 is 10.6 Å². The second kappa shape index (κ2) is 13.1. The summed E-state index contributed by atoms with van der Waals surface area (Å²) in [6.07, 6.45) is 4.75. The predicted molar refractivity (Wildman–Crippen MR) is 157 cm³/mol. The quantitative estimate of drug-likeness (QED) is 0.176. The number of anilines is 1. The highest BCUT2D eigenvalue weighted by atomic mass is 19.1. The van der Waals surface area contributed by atoms with Crippen LogP contribution in [0.25, 0.3) is 12.2 Å². The van der Waals surface area contributed by atoms with E-state index in [2.05, 4.69) is 24.5 Å². The lowest BCUT2D eigenvalue weighted by molar-refractivity contribution is -0.113. The number of amides is 2. The topological polar surface area (TPSA) is 75.3 Å². The van der Waals surface area contributed by atoms with Gasteiger partial charge in [0.05, 0.1) is 0 Å². The summed E-state index contributed by atoms with van der Waals surface area (Å²) in [5, 5.41) is 5.38. The molecule has 0 aliphatic carbocycles. The number of ketones is 1. The summed E-state index contributed by atoms with van der Waals surface area (Å²) in [6, 6.07) is 28.6. The van der Waals surface area contributed by atoms with Crippen molar-refractivity contribution in [1.29, 1.82) is 0 Å². The van der Waals surface area contributed by atoms with Crippen LogP contribution in [0, 0.1) is 5.82 Å². The van der Waals surface area contributed by atoms with Crippen molar-refractivity contribution in [3.8, 4) is 0 Å². The van der Waals surface area contributed by atoms with Gasteiger partial charge in [-0.15, -0.1) is 0 Å². The first kappa shape index (κ1) is 27.9. The normalized spacial score (nSPS) is 11.4. The van der Waals surface area contributed by atoms with Crippen LogP contribution in [0.15, 0.2) is 115 Å².